The zero-order chi connectivity index (χ0) is 20.2. The third-order valence-electron chi connectivity index (χ3n) is 3.97. The van der Waals surface area contributed by atoms with Crippen LogP contribution in [-0.2, 0) is 10.0 Å². The van der Waals surface area contributed by atoms with Crippen LogP contribution in [0.1, 0.15) is 21.5 Å². The van der Waals surface area contributed by atoms with Crippen molar-refractivity contribution in [3.05, 3.63) is 53.1 Å². The quantitative estimate of drug-likeness (QED) is 0.778. The highest BCUT2D eigenvalue weighted by Crippen LogP contribution is 2.23. The summed E-state index contributed by atoms with van der Waals surface area (Å²) in [6.45, 7) is 4.58. The van der Waals surface area contributed by atoms with Crippen LogP contribution in [0.3, 0.4) is 0 Å². The van der Waals surface area contributed by atoms with Crippen LogP contribution in [0.5, 0.6) is 11.5 Å². The van der Waals surface area contributed by atoms with E-state index in [9.17, 15) is 13.2 Å². The molecule has 0 spiro atoms. The van der Waals surface area contributed by atoms with Crippen LogP contribution in [0.4, 0.5) is 0 Å². The maximum absolute atomic E-state index is 12.7. The normalized spacial score (nSPS) is 11.1. The maximum Gasteiger partial charge on any atom is 0.257 e. The summed E-state index contributed by atoms with van der Waals surface area (Å²) in [5.74, 6) is 0.623. The molecule has 0 radical (unpaired) electrons. The number of benzene rings is 2. The molecule has 0 bridgehead atoms. The van der Waals surface area contributed by atoms with Crippen LogP contribution in [0.25, 0.3) is 0 Å². The molecule has 0 aliphatic carbocycles. The molecule has 0 atom stereocenters. The molecule has 27 heavy (non-hydrogen) atoms. The Morgan fingerprint density at radius 1 is 1.11 bits per heavy atom. The summed E-state index contributed by atoms with van der Waals surface area (Å²) >= 11 is 0. The maximum atomic E-state index is 12.7. The smallest absolute Gasteiger partial charge is 0.257 e. The van der Waals surface area contributed by atoms with Crippen molar-refractivity contribution in [2.75, 3.05) is 27.3 Å². The number of ether oxygens (including phenoxy) is 2. The van der Waals surface area contributed by atoms with Crippen molar-refractivity contribution >= 4 is 15.9 Å². The van der Waals surface area contributed by atoms with Gasteiger partial charge in [0.05, 0.1) is 24.1 Å². The fourth-order valence-electron chi connectivity index (χ4n) is 2.66. The molecule has 0 heterocycles. The number of hydrogen-bond acceptors (Lipinski definition) is 5. The Labute approximate surface area is 159 Å². The number of sulfonamides is 1. The molecular weight excluding hydrogens is 368 g/mol. The summed E-state index contributed by atoms with van der Waals surface area (Å²) in [4.78, 5) is 14.0. The van der Waals surface area contributed by atoms with Crippen molar-refractivity contribution in [3.8, 4) is 11.5 Å². The van der Waals surface area contributed by atoms with Gasteiger partial charge in [-0.05, 0) is 55.3 Å². The number of methoxy groups -OCH3 is 1. The van der Waals surface area contributed by atoms with E-state index in [2.05, 4.69) is 0 Å². The Kier molecular flexibility index (Phi) is 6.45. The molecule has 2 N–H and O–H groups in total. The largest absolute Gasteiger partial charge is 0.496 e. The Morgan fingerprint density at radius 2 is 1.74 bits per heavy atom. The van der Waals surface area contributed by atoms with E-state index in [0.29, 0.717) is 13.2 Å². The fraction of sp³-hybridized carbons (Fsp3) is 0.316. The van der Waals surface area contributed by atoms with Crippen molar-refractivity contribution < 1.29 is 22.7 Å². The van der Waals surface area contributed by atoms with Gasteiger partial charge in [0.15, 0.2) is 0 Å². The molecule has 0 saturated heterocycles. The van der Waals surface area contributed by atoms with E-state index in [0.717, 1.165) is 16.9 Å². The van der Waals surface area contributed by atoms with Gasteiger partial charge in [0.1, 0.15) is 18.1 Å². The average Bonchev–Trinajstić information content (AvgIpc) is 2.58. The minimum Gasteiger partial charge on any atom is -0.496 e. The zero-order valence-corrected chi connectivity index (χ0v) is 16.7. The molecule has 0 fully saturated rings. The first kappa shape index (κ1) is 20.7. The lowest BCUT2D eigenvalue weighted by Gasteiger charge is -2.19. The van der Waals surface area contributed by atoms with Gasteiger partial charge in [0.2, 0.25) is 10.0 Å². The highest BCUT2D eigenvalue weighted by Gasteiger charge is 2.20. The topological polar surface area (TPSA) is 98.9 Å². The van der Waals surface area contributed by atoms with Crippen molar-refractivity contribution in [1.82, 2.24) is 4.90 Å². The van der Waals surface area contributed by atoms with Crippen LogP contribution in [0.15, 0.2) is 41.3 Å². The lowest BCUT2D eigenvalue weighted by atomic mass is 10.1. The highest BCUT2D eigenvalue weighted by atomic mass is 32.2. The molecule has 7 nitrogen and oxygen atoms in total. The molecule has 146 valence electrons. The van der Waals surface area contributed by atoms with Crippen LogP contribution in [-0.4, -0.2) is 46.5 Å². The van der Waals surface area contributed by atoms with E-state index in [1.165, 1.54) is 30.2 Å². The standard InChI is InChI=1S/C19H24N2O5S/c1-13-9-14(2)11-15(10-13)26-8-7-21(3)19(22)17-12-16(27(20,23)24)5-6-18(17)25-4/h5-6,9-12H,7-8H2,1-4H3,(H2,20,23,24). The van der Waals surface area contributed by atoms with Gasteiger partial charge in [-0.2, -0.15) is 0 Å². The van der Waals surface area contributed by atoms with Gasteiger partial charge in [0.25, 0.3) is 5.91 Å². The Hall–Kier alpha value is -2.58. The average molecular weight is 392 g/mol. The van der Waals surface area contributed by atoms with E-state index in [-0.39, 0.29) is 22.1 Å². The van der Waals surface area contributed by atoms with Crippen LogP contribution < -0.4 is 14.6 Å². The molecule has 1 amide bonds. The van der Waals surface area contributed by atoms with E-state index < -0.39 is 10.0 Å². The summed E-state index contributed by atoms with van der Waals surface area (Å²) < 4.78 is 34.0. The summed E-state index contributed by atoms with van der Waals surface area (Å²) in [7, 11) is -0.906. The van der Waals surface area contributed by atoms with Crippen LogP contribution >= 0.6 is 0 Å². The summed E-state index contributed by atoms with van der Waals surface area (Å²) in [6.07, 6.45) is 0. The van der Waals surface area contributed by atoms with Crippen molar-refractivity contribution in [1.29, 1.82) is 0 Å². The van der Waals surface area contributed by atoms with Gasteiger partial charge in [-0.3, -0.25) is 4.79 Å². The summed E-state index contributed by atoms with van der Waals surface area (Å²) in [6, 6.07) is 9.83. The molecule has 0 aliphatic heterocycles. The van der Waals surface area contributed by atoms with E-state index in [4.69, 9.17) is 14.6 Å². The third-order valence-corrected chi connectivity index (χ3v) is 4.88. The summed E-state index contributed by atoms with van der Waals surface area (Å²) in [5.41, 5.74) is 2.32. The highest BCUT2D eigenvalue weighted by molar-refractivity contribution is 7.89. The second-order valence-corrected chi connectivity index (χ2v) is 7.87. The Balaban J connectivity index is 2.10. The molecule has 2 rings (SSSR count). The zero-order valence-electron chi connectivity index (χ0n) is 15.9. The van der Waals surface area contributed by atoms with Gasteiger partial charge in [0, 0.05) is 7.05 Å². The monoisotopic (exact) mass is 392 g/mol. The second-order valence-electron chi connectivity index (χ2n) is 6.31. The second kappa shape index (κ2) is 8.41. The molecule has 0 aliphatic rings. The number of carbonyl (C=O) groups is 1. The van der Waals surface area contributed by atoms with Gasteiger partial charge in [-0.15, -0.1) is 0 Å². The molecule has 8 heteroatoms. The Bertz CT molecular complexity index is 921. The number of aryl methyl sites for hydroxylation is 2. The Morgan fingerprint density at radius 3 is 2.30 bits per heavy atom. The predicted molar refractivity (Wildman–Crippen MR) is 103 cm³/mol. The molecule has 2 aromatic carbocycles. The first-order valence-corrected chi connectivity index (χ1v) is 9.84. The first-order chi connectivity index (χ1) is 12.6. The molecule has 0 aromatic heterocycles. The van der Waals surface area contributed by atoms with Gasteiger partial charge in [-0.1, -0.05) is 6.07 Å². The van der Waals surface area contributed by atoms with E-state index >= 15 is 0 Å². The fourth-order valence-corrected chi connectivity index (χ4v) is 3.19. The number of carbonyl (C=O) groups excluding carboxylic acids is 1. The molecule has 2 aromatic rings. The number of nitrogens with two attached hydrogens (primary N) is 1. The predicted octanol–water partition coefficient (Wildman–Crippen LogP) is 2.11. The minimum absolute atomic E-state index is 0.123. The first-order valence-electron chi connectivity index (χ1n) is 8.29. The number of rotatable bonds is 7. The van der Waals surface area contributed by atoms with E-state index in [1.807, 2.05) is 32.0 Å². The molecular formula is C19H24N2O5S. The van der Waals surface area contributed by atoms with Crippen molar-refractivity contribution in [3.63, 3.8) is 0 Å². The molecule has 0 unspecified atom stereocenters. The molecule has 0 saturated carbocycles. The number of likely N-dealkylation sites (N-methyl/N-ethyl adjacent to an activating group) is 1. The number of nitrogens with zero attached hydrogens (tertiary/aromatic N) is 1. The van der Waals surface area contributed by atoms with Crippen molar-refractivity contribution in [2.24, 2.45) is 5.14 Å². The SMILES string of the molecule is COc1ccc(S(N)(=O)=O)cc1C(=O)N(C)CCOc1cc(C)cc(C)c1. The third kappa shape index (κ3) is 5.45. The summed E-state index contributed by atoms with van der Waals surface area (Å²) in [5, 5.41) is 5.15. The van der Waals surface area contributed by atoms with Gasteiger partial charge < -0.3 is 14.4 Å². The number of hydrogen-bond donors (Lipinski definition) is 1. The lowest BCUT2D eigenvalue weighted by molar-refractivity contribution is 0.0770. The number of primary sulfonamides is 1. The minimum atomic E-state index is -3.92. The number of amides is 1. The van der Waals surface area contributed by atoms with Crippen molar-refractivity contribution in [2.45, 2.75) is 18.7 Å². The van der Waals surface area contributed by atoms with Gasteiger partial charge in [-0.25, -0.2) is 13.6 Å². The van der Waals surface area contributed by atoms with Crippen LogP contribution in [0, 0.1) is 13.8 Å². The van der Waals surface area contributed by atoms with Gasteiger partial charge >= 0.3 is 0 Å². The lowest BCUT2D eigenvalue weighted by Crippen LogP contribution is -2.31. The van der Waals surface area contributed by atoms with E-state index in [1.54, 1.807) is 7.05 Å². The van der Waals surface area contributed by atoms with Crippen LogP contribution in [0.2, 0.25) is 0 Å².